The summed E-state index contributed by atoms with van der Waals surface area (Å²) < 4.78 is 69.9. The van der Waals surface area contributed by atoms with E-state index in [1.807, 2.05) is 0 Å². The summed E-state index contributed by atoms with van der Waals surface area (Å²) in [5, 5.41) is 0. The molecule has 0 saturated heterocycles. The predicted molar refractivity (Wildman–Crippen MR) is 106 cm³/mol. The lowest BCUT2D eigenvalue weighted by Gasteiger charge is -2.23. The summed E-state index contributed by atoms with van der Waals surface area (Å²) in [5.74, 6) is -2.34. The Balaban J connectivity index is 2.51. The second kappa shape index (κ2) is 9.49. The van der Waals surface area contributed by atoms with E-state index in [9.17, 15) is 26.0 Å². The van der Waals surface area contributed by atoms with Gasteiger partial charge in [-0.2, -0.15) is 0 Å². The number of sulfone groups is 2. The number of carbonyl (C=O) groups excluding carboxylic acids is 1. The van der Waals surface area contributed by atoms with Gasteiger partial charge in [0, 0.05) is 5.92 Å². The lowest BCUT2D eigenvalue weighted by Crippen LogP contribution is -2.36. The average Bonchev–Trinajstić information content (AvgIpc) is 2.72. The standard InChI is InChI=1S/C20H23FO6S2/c1-3-27-20(22)19(21)15(2)14-18(28(23,24)16-10-6-4-7-11-16)29(25,26)17-12-8-5-9-13-17/h4-13,15,18-19H,3,14H2,1-2H3. The Labute approximate surface area is 170 Å². The monoisotopic (exact) mass is 442 g/mol. The van der Waals surface area contributed by atoms with Crippen molar-refractivity contribution in [2.24, 2.45) is 5.92 Å². The largest absolute Gasteiger partial charge is 0.464 e. The number of benzene rings is 2. The number of rotatable bonds is 9. The molecule has 2 unspecified atom stereocenters. The van der Waals surface area contributed by atoms with Crippen molar-refractivity contribution in [3.63, 3.8) is 0 Å². The predicted octanol–water partition coefficient (Wildman–Crippen LogP) is 3.19. The molecule has 0 aliphatic carbocycles. The van der Waals surface area contributed by atoms with E-state index in [1.54, 1.807) is 12.1 Å². The van der Waals surface area contributed by atoms with Crippen LogP contribution in [0.15, 0.2) is 70.5 Å². The van der Waals surface area contributed by atoms with E-state index in [4.69, 9.17) is 0 Å². The van der Waals surface area contributed by atoms with Crippen molar-refractivity contribution < 1.29 is 30.8 Å². The molecule has 0 aromatic heterocycles. The summed E-state index contributed by atoms with van der Waals surface area (Å²) >= 11 is 0. The maximum atomic E-state index is 14.5. The summed E-state index contributed by atoms with van der Waals surface area (Å²) in [7, 11) is -8.76. The van der Waals surface area contributed by atoms with Gasteiger partial charge in [-0.25, -0.2) is 26.0 Å². The Bertz CT molecular complexity index is 952. The highest BCUT2D eigenvalue weighted by atomic mass is 32.3. The molecule has 2 rings (SSSR count). The Morgan fingerprint density at radius 2 is 1.31 bits per heavy atom. The van der Waals surface area contributed by atoms with Gasteiger partial charge in [-0.15, -0.1) is 0 Å². The van der Waals surface area contributed by atoms with Crippen LogP contribution >= 0.6 is 0 Å². The third kappa shape index (κ3) is 5.22. The fourth-order valence-corrected chi connectivity index (χ4v) is 7.62. The van der Waals surface area contributed by atoms with E-state index in [-0.39, 0.29) is 16.4 Å². The number of carbonyl (C=O) groups is 1. The highest BCUT2D eigenvalue weighted by Crippen LogP contribution is 2.31. The number of hydrogen-bond donors (Lipinski definition) is 0. The van der Waals surface area contributed by atoms with E-state index in [0.29, 0.717) is 0 Å². The Kier molecular flexibility index (Phi) is 7.54. The first-order chi connectivity index (χ1) is 13.6. The first-order valence-electron chi connectivity index (χ1n) is 9.01. The van der Waals surface area contributed by atoms with E-state index in [2.05, 4.69) is 4.74 Å². The topological polar surface area (TPSA) is 94.6 Å². The van der Waals surface area contributed by atoms with Crippen LogP contribution in [0, 0.1) is 5.92 Å². The first-order valence-corrected chi connectivity index (χ1v) is 12.1. The van der Waals surface area contributed by atoms with Gasteiger partial charge in [0.1, 0.15) is 0 Å². The molecular weight excluding hydrogens is 419 g/mol. The molecule has 0 spiro atoms. The summed E-state index contributed by atoms with van der Waals surface area (Å²) in [6.45, 7) is 2.76. The number of alkyl halides is 1. The second-order valence-corrected chi connectivity index (χ2v) is 11.1. The van der Waals surface area contributed by atoms with E-state index in [1.165, 1.54) is 62.4 Å². The minimum absolute atomic E-state index is 0.0416. The molecule has 9 heteroatoms. The molecule has 0 heterocycles. The molecule has 0 N–H and O–H groups in total. The quantitative estimate of drug-likeness (QED) is 0.554. The van der Waals surface area contributed by atoms with Crippen LogP contribution in [0.1, 0.15) is 20.3 Å². The summed E-state index contributed by atoms with van der Waals surface area (Å²) in [4.78, 5) is 11.3. The van der Waals surface area contributed by atoms with E-state index >= 15 is 0 Å². The molecule has 0 saturated carbocycles. The minimum Gasteiger partial charge on any atom is -0.464 e. The molecule has 2 aromatic rings. The first kappa shape index (κ1) is 23.0. The molecule has 0 aliphatic rings. The van der Waals surface area contributed by atoms with Crippen LogP contribution in [0.2, 0.25) is 0 Å². The molecule has 0 radical (unpaired) electrons. The lowest BCUT2D eigenvalue weighted by molar-refractivity contribution is -0.151. The third-order valence-electron chi connectivity index (χ3n) is 4.41. The zero-order valence-corrected chi connectivity index (χ0v) is 17.7. The molecule has 29 heavy (non-hydrogen) atoms. The van der Waals surface area contributed by atoms with Crippen molar-refractivity contribution in [1.82, 2.24) is 0 Å². The lowest BCUT2D eigenvalue weighted by atomic mass is 10.0. The zero-order chi connectivity index (χ0) is 21.7. The van der Waals surface area contributed by atoms with Crippen LogP contribution in [0.4, 0.5) is 4.39 Å². The number of hydrogen-bond acceptors (Lipinski definition) is 6. The van der Waals surface area contributed by atoms with Gasteiger partial charge in [-0.3, -0.25) is 0 Å². The number of halogens is 1. The van der Waals surface area contributed by atoms with Gasteiger partial charge in [-0.1, -0.05) is 43.3 Å². The average molecular weight is 443 g/mol. The zero-order valence-electron chi connectivity index (χ0n) is 16.1. The van der Waals surface area contributed by atoms with Crippen LogP contribution in [0.25, 0.3) is 0 Å². The molecule has 6 nitrogen and oxygen atoms in total. The van der Waals surface area contributed by atoms with Crippen LogP contribution in [-0.4, -0.2) is 40.2 Å². The van der Waals surface area contributed by atoms with Crippen molar-refractivity contribution >= 4 is 25.6 Å². The number of ether oxygens (including phenoxy) is 1. The maximum absolute atomic E-state index is 14.5. The van der Waals surface area contributed by atoms with Crippen molar-refractivity contribution in [2.75, 3.05) is 6.61 Å². The molecular formula is C20H23FO6S2. The summed E-state index contributed by atoms with van der Waals surface area (Å²) in [6, 6.07) is 14.2. The Hall–Kier alpha value is -2.26. The molecule has 0 aliphatic heterocycles. The molecule has 2 aromatic carbocycles. The van der Waals surface area contributed by atoms with Crippen LogP contribution in [-0.2, 0) is 29.2 Å². The smallest absolute Gasteiger partial charge is 0.340 e. The minimum atomic E-state index is -4.38. The van der Waals surface area contributed by atoms with Gasteiger partial charge in [0.15, 0.2) is 30.4 Å². The molecule has 158 valence electrons. The van der Waals surface area contributed by atoms with Gasteiger partial charge < -0.3 is 4.74 Å². The highest BCUT2D eigenvalue weighted by Gasteiger charge is 2.43. The van der Waals surface area contributed by atoms with Gasteiger partial charge in [0.05, 0.1) is 16.4 Å². The van der Waals surface area contributed by atoms with Crippen molar-refractivity contribution in [2.45, 2.75) is 40.8 Å². The van der Waals surface area contributed by atoms with E-state index < -0.39 is 48.7 Å². The summed E-state index contributed by atoms with van der Waals surface area (Å²) in [5.41, 5.74) is 0. The fraction of sp³-hybridized carbons (Fsp3) is 0.350. The SMILES string of the molecule is CCOC(=O)C(F)C(C)CC(S(=O)(=O)c1ccccc1)S(=O)(=O)c1ccccc1. The molecule has 0 amide bonds. The van der Waals surface area contributed by atoms with Gasteiger partial charge in [0.2, 0.25) is 0 Å². The van der Waals surface area contributed by atoms with Crippen LogP contribution in [0.5, 0.6) is 0 Å². The number of esters is 1. The Morgan fingerprint density at radius 1 is 0.897 bits per heavy atom. The van der Waals surface area contributed by atoms with E-state index in [0.717, 1.165) is 0 Å². The fourth-order valence-electron chi connectivity index (χ4n) is 2.82. The van der Waals surface area contributed by atoms with Crippen LogP contribution in [0.3, 0.4) is 0 Å². The summed E-state index contributed by atoms with van der Waals surface area (Å²) in [6.07, 6.45) is -2.75. The Morgan fingerprint density at radius 3 is 1.69 bits per heavy atom. The molecule has 2 atom stereocenters. The van der Waals surface area contributed by atoms with Crippen LogP contribution < -0.4 is 0 Å². The van der Waals surface area contributed by atoms with Crippen molar-refractivity contribution in [3.05, 3.63) is 60.7 Å². The third-order valence-corrected chi connectivity index (χ3v) is 9.56. The highest BCUT2D eigenvalue weighted by molar-refractivity contribution is 8.09. The van der Waals surface area contributed by atoms with Gasteiger partial charge >= 0.3 is 5.97 Å². The normalized spacial score (nSPS) is 14.3. The van der Waals surface area contributed by atoms with Gasteiger partial charge in [0.25, 0.3) is 0 Å². The van der Waals surface area contributed by atoms with Crippen molar-refractivity contribution in [3.8, 4) is 0 Å². The molecule has 0 fully saturated rings. The second-order valence-electron chi connectivity index (χ2n) is 6.51. The van der Waals surface area contributed by atoms with Crippen molar-refractivity contribution in [1.29, 1.82) is 0 Å². The molecule has 0 bridgehead atoms. The van der Waals surface area contributed by atoms with Gasteiger partial charge in [-0.05, 0) is 37.6 Å². The maximum Gasteiger partial charge on any atom is 0.340 e.